The van der Waals surface area contributed by atoms with Gasteiger partial charge in [-0.2, -0.15) is 8.42 Å². The Labute approximate surface area is 105 Å². The highest BCUT2D eigenvalue weighted by atomic mass is 32.2. The molecule has 6 nitrogen and oxygen atoms in total. The zero-order valence-corrected chi connectivity index (χ0v) is 10.6. The van der Waals surface area contributed by atoms with Gasteiger partial charge in [0.25, 0.3) is 10.1 Å². The average Bonchev–Trinajstić information content (AvgIpc) is 2.73. The van der Waals surface area contributed by atoms with Gasteiger partial charge in [-0.3, -0.25) is 4.18 Å². The summed E-state index contributed by atoms with van der Waals surface area (Å²) >= 11 is 0. The Hall–Kier alpha value is -1.60. The van der Waals surface area contributed by atoms with Gasteiger partial charge in [0.1, 0.15) is 12.7 Å². The first kappa shape index (κ1) is 12.8. The van der Waals surface area contributed by atoms with E-state index in [2.05, 4.69) is 5.32 Å². The van der Waals surface area contributed by atoms with E-state index in [0.717, 1.165) is 5.56 Å². The van der Waals surface area contributed by atoms with Crippen LogP contribution in [-0.4, -0.2) is 33.8 Å². The monoisotopic (exact) mass is 271 g/mol. The summed E-state index contributed by atoms with van der Waals surface area (Å²) in [5.41, 5.74) is 0.827. The van der Waals surface area contributed by atoms with Gasteiger partial charge in [-0.15, -0.1) is 0 Å². The number of rotatable bonds is 4. The summed E-state index contributed by atoms with van der Waals surface area (Å²) in [5.74, 6) is 0. The Balaban J connectivity index is 2.01. The molecule has 1 amide bonds. The van der Waals surface area contributed by atoms with Crippen LogP contribution in [0.4, 0.5) is 4.79 Å². The maximum atomic E-state index is 11.8. The molecule has 0 radical (unpaired) electrons. The fraction of sp³-hybridized carbons (Fsp3) is 0.364. The zero-order valence-electron chi connectivity index (χ0n) is 9.75. The maximum Gasteiger partial charge on any atom is 0.407 e. The van der Waals surface area contributed by atoms with Crippen molar-refractivity contribution in [3.63, 3.8) is 0 Å². The van der Waals surface area contributed by atoms with E-state index >= 15 is 0 Å². The first-order valence-electron chi connectivity index (χ1n) is 5.38. The molecule has 1 aromatic rings. The van der Waals surface area contributed by atoms with Gasteiger partial charge in [0.15, 0.2) is 0 Å². The first-order valence-corrected chi connectivity index (χ1v) is 6.79. The fourth-order valence-corrected chi connectivity index (χ4v) is 2.57. The quantitative estimate of drug-likeness (QED) is 0.819. The number of carbonyl (C=O) groups is 1. The Bertz CT molecular complexity index is 554. The van der Waals surface area contributed by atoms with Gasteiger partial charge in [0.2, 0.25) is 0 Å². The van der Waals surface area contributed by atoms with E-state index in [0.29, 0.717) is 0 Å². The second-order valence-electron chi connectivity index (χ2n) is 3.96. The van der Waals surface area contributed by atoms with Gasteiger partial charge >= 0.3 is 6.09 Å². The van der Waals surface area contributed by atoms with Crippen molar-refractivity contribution in [2.75, 3.05) is 13.2 Å². The lowest BCUT2D eigenvalue weighted by Gasteiger charge is -2.09. The van der Waals surface area contributed by atoms with Crippen LogP contribution in [-0.2, 0) is 19.0 Å². The molecule has 1 fully saturated rings. The minimum absolute atomic E-state index is 0.0970. The van der Waals surface area contributed by atoms with Crippen LogP contribution in [0, 0.1) is 6.92 Å². The zero-order chi connectivity index (χ0) is 13.2. The molecular formula is C11H13NO5S. The van der Waals surface area contributed by atoms with Crippen molar-refractivity contribution in [1.82, 2.24) is 5.32 Å². The van der Waals surface area contributed by atoms with Crippen molar-refractivity contribution >= 4 is 16.2 Å². The molecule has 0 bridgehead atoms. The first-order chi connectivity index (χ1) is 8.47. The highest BCUT2D eigenvalue weighted by molar-refractivity contribution is 7.86. The number of alkyl carbamates (subject to hydrolysis) is 1. The van der Waals surface area contributed by atoms with Crippen LogP contribution in [0.2, 0.25) is 0 Å². The van der Waals surface area contributed by atoms with Gasteiger partial charge < -0.3 is 10.1 Å². The van der Waals surface area contributed by atoms with Crippen LogP contribution in [0.15, 0.2) is 29.2 Å². The second kappa shape index (κ2) is 4.95. The topological polar surface area (TPSA) is 81.7 Å². The molecule has 1 N–H and O–H groups in total. The van der Waals surface area contributed by atoms with E-state index in [1.54, 1.807) is 19.1 Å². The lowest BCUT2D eigenvalue weighted by atomic mass is 10.2. The number of carbonyl (C=O) groups excluding carboxylic acids is 1. The number of hydrogen-bond acceptors (Lipinski definition) is 5. The highest BCUT2D eigenvalue weighted by Gasteiger charge is 2.25. The minimum Gasteiger partial charge on any atom is -0.442 e. The molecule has 2 rings (SSSR count). The molecule has 7 heteroatoms. The molecule has 1 heterocycles. The van der Waals surface area contributed by atoms with E-state index in [1.165, 1.54) is 12.1 Å². The molecule has 1 aliphatic heterocycles. The van der Waals surface area contributed by atoms with E-state index < -0.39 is 22.3 Å². The van der Waals surface area contributed by atoms with Crippen LogP contribution in [0.3, 0.4) is 0 Å². The number of benzene rings is 1. The van der Waals surface area contributed by atoms with Crippen molar-refractivity contribution in [2.45, 2.75) is 17.9 Å². The minimum atomic E-state index is -3.81. The number of hydrogen-bond donors (Lipinski definition) is 1. The molecule has 0 spiro atoms. The van der Waals surface area contributed by atoms with Crippen molar-refractivity contribution < 1.29 is 22.1 Å². The highest BCUT2D eigenvalue weighted by Crippen LogP contribution is 2.15. The summed E-state index contributed by atoms with van der Waals surface area (Å²) < 4.78 is 33.3. The fourth-order valence-electron chi connectivity index (χ4n) is 1.53. The molecule has 1 aromatic carbocycles. The molecule has 0 aliphatic carbocycles. The third kappa shape index (κ3) is 2.99. The van der Waals surface area contributed by atoms with E-state index in [-0.39, 0.29) is 18.0 Å². The number of amides is 1. The number of nitrogens with one attached hydrogen (secondary N) is 1. The molecule has 1 atom stereocenters. The lowest BCUT2D eigenvalue weighted by molar-refractivity contribution is 0.107. The molecule has 18 heavy (non-hydrogen) atoms. The summed E-state index contributed by atoms with van der Waals surface area (Å²) in [6.45, 7) is 1.86. The summed E-state index contributed by atoms with van der Waals surface area (Å²) in [4.78, 5) is 10.9. The summed E-state index contributed by atoms with van der Waals surface area (Å²) in [6, 6.07) is 6.42. The summed E-state index contributed by atoms with van der Waals surface area (Å²) in [5, 5.41) is 2.42. The van der Waals surface area contributed by atoms with E-state index in [4.69, 9.17) is 8.92 Å². The maximum absolute atomic E-state index is 11.8. The van der Waals surface area contributed by atoms with E-state index in [9.17, 15) is 13.2 Å². The predicted molar refractivity (Wildman–Crippen MR) is 62.6 cm³/mol. The molecular weight excluding hydrogens is 258 g/mol. The van der Waals surface area contributed by atoms with Gasteiger partial charge in [-0.25, -0.2) is 4.79 Å². The number of aryl methyl sites for hydroxylation is 1. The van der Waals surface area contributed by atoms with Crippen LogP contribution in [0.5, 0.6) is 0 Å². The van der Waals surface area contributed by atoms with Crippen LogP contribution in [0.1, 0.15) is 5.56 Å². The van der Waals surface area contributed by atoms with Crippen molar-refractivity contribution in [2.24, 2.45) is 0 Å². The standard InChI is InChI=1S/C11H13NO5S/c1-8-3-2-4-10(5-8)18(14,15)16-7-9-6-12-11(13)17-9/h2-5,9H,6-7H2,1H3,(H,12,13). The molecule has 1 saturated heterocycles. The molecule has 1 unspecified atom stereocenters. The molecule has 98 valence electrons. The third-order valence-corrected chi connectivity index (χ3v) is 3.71. The predicted octanol–water partition coefficient (Wildman–Crippen LogP) is 0.809. The largest absolute Gasteiger partial charge is 0.442 e. The Kier molecular flexibility index (Phi) is 3.53. The van der Waals surface area contributed by atoms with Crippen LogP contribution in [0.25, 0.3) is 0 Å². The van der Waals surface area contributed by atoms with Crippen molar-refractivity contribution in [3.8, 4) is 0 Å². The normalized spacial score (nSPS) is 19.4. The molecule has 1 aliphatic rings. The number of cyclic esters (lactones) is 1. The second-order valence-corrected chi connectivity index (χ2v) is 5.58. The van der Waals surface area contributed by atoms with E-state index in [1.807, 2.05) is 0 Å². The summed E-state index contributed by atoms with van der Waals surface area (Å²) in [7, 11) is -3.81. The Morgan fingerprint density at radius 1 is 1.50 bits per heavy atom. The average molecular weight is 271 g/mol. The molecule has 0 saturated carbocycles. The number of ether oxygens (including phenoxy) is 1. The van der Waals surface area contributed by atoms with Crippen LogP contribution >= 0.6 is 0 Å². The van der Waals surface area contributed by atoms with Gasteiger partial charge in [-0.05, 0) is 24.6 Å². The smallest absolute Gasteiger partial charge is 0.407 e. The van der Waals surface area contributed by atoms with Crippen molar-refractivity contribution in [3.05, 3.63) is 29.8 Å². The van der Waals surface area contributed by atoms with Gasteiger partial charge in [0.05, 0.1) is 11.4 Å². The lowest BCUT2D eigenvalue weighted by Crippen LogP contribution is -2.22. The van der Waals surface area contributed by atoms with Gasteiger partial charge in [0, 0.05) is 0 Å². The SMILES string of the molecule is Cc1cccc(S(=O)(=O)OCC2CNC(=O)O2)c1. The molecule has 0 aromatic heterocycles. The van der Waals surface area contributed by atoms with Gasteiger partial charge in [-0.1, -0.05) is 12.1 Å². The Morgan fingerprint density at radius 2 is 2.28 bits per heavy atom. The van der Waals surface area contributed by atoms with Crippen LogP contribution < -0.4 is 5.32 Å². The Morgan fingerprint density at radius 3 is 2.89 bits per heavy atom. The third-order valence-electron chi connectivity index (χ3n) is 2.44. The van der Waals surface area contributed by atoms with Crippen molar-refractivity contribution in [1.29, 1.82) is 0 Å². The summed E-state index contributed by atoms with van der Waals surface area (Å²) in [6.07, 6.45) is -1.13.